The first-order valence-electron chi connectivity index (χ1n) is 8.69. The number of aryl methyl sites for hydroxylation is 2. The van der Waals surface area contributed by atoms with Crippen molar-refractivity contribution < 1.29 is 9.59 Å². The van der Waals surface area contributed by atoms with Crippen LogP contribution in [-0.2, 0) is 15.0 Å². The predicted molar refractivity (Wildman–Crippen MR) is 102 cm³/mol. The molecule has 1 fully saturated rings. The Balaban J connectivity index is 1.62. The number of nitrogens with one attached hydrogen (secondary N) is 2. The van der Waals surface area contributed by atoms with E-state index in [1.165, 1.54) is 18.4 Å². The highest BCUT2D eigenvalue weighted by Gasteiger charge is 2.36. The lowest BCUT2D eigenvalue weighted by Gasteiger charge is -2.28. The molecule has 4 nitrogen and oxygen atoms in total. The maximum absolute atomic E-state index is 12.3. The molecule has 1 aliphatic rings. The summed E-state index contributed by atoms with van der Waals surface area (Å²) in [5.41, 5.74) is 4.03. The van der Waals surface area contributed by atoms with Crippen molar-refractivity contribution in [3.8, 4) is 0 Å². The number of hydrogen-bond donors (Lipinski definition) is 2. The van der Waals surface area contributed by atoms with Crippen molar-refractivity contribution in [1.82, 2.24) is 5.32 Å². The second kappa shape index (κ2) is 7.40. The minimum absolute atomic E-state index is 0.0180. The Labute approximate surface area is 152 Å². The van der Waals surface area contributed by atoms with Gasteiger partial charge < -0.3 is 10.6 Å². The van der Waals surface area contributed by atoms with Gasteiger partial charge in [-0.25, -0.2) is 0 Å². The van der Waals surface area contributed by atoms with E-state index in [1.54, 1.807) is 11.3 Å². The Morgan fingerprint density at radius 3 is 2.36 bits per heavy atom. The average Bonchev–Trinajstić information content (AvgIpc) is 3.23. The molecule has 0 unspecified atom stereocenters. The molecule has 1 saturated carbocycles. The van der Waals surface area contributed by atoms with Gasteiger partial charge in [-0.2, -0.15) is 11.3 Å². The molecule has 0 radical (unpaired) electrons. The van der Waals surface area contributed by atoms with Gasteiger partial charge in [0.05, 0.1) is 0 Å². The summed E-state index contributed by atoms with van der Waals surface area (Å²) in [6.45, 7) is 4.45. The van der Waals surface area contributed by atoms with Crippen molar-refractivity contribution in [1.29, 1.82) is 0 Å². The van der Waals surface area contributed by atoms with Gasteiger partial charge in [0.15, 0.2) is 0 Å². The van der Waals surface area contributed by atoms with Crippen LogP contribution in [0.3, 0.4) is 0 Å². The summed E-state index contributed by atoms with van der Waals surface area (Å²) in [7, 11) is 0. The van der Waals surface area contributed by atoms with Crippen molar-refractivity contribution >= 4 is 28.8 Å². The van der Waals surface area contributed by atoms with Crippen LogP contribution in [0, 0.1) is 13.8 Å². The van der Waals surface area contributed by atoms with E-state index in [1.807, 2.05) is 32.0 Å². The van der Waals surface area contributed by atoms with Crippen LogP contribution in [0.25, 0.3) is 0 Å². The minimum Gasteiger partial charge on any atom is -0.347 e. The topological polar surface area (TPSA) is 58.2 Å². The number of rotatable bonds is 4. The fourth-order valence-electron chi connectivity index (χ4n) is 3.75. The zero-order valence-corrected chi connectivity index (χ0v) is 15.5. The fourth-order valence-corrected chi connectivity index (χ4v) is 4.53. The molecular weight excluding hydrogens is 332 g/mol. The third-order valence-corrected chi connectivity index (χ3v) is 5.65. The molecule has 1 heterocycles. The van der Waals surface area contributed by atoms with Crippen LogP contribution in [-0.4, -0.2) is 18.4 Å². The Kier molecular flexibility index (Phi) is 5.23. The first kappa shape index (κ1) is 17.7. The second-order valence-corrected chi connectivity index (χ2v) is 7.79. The summed E-state index contributed by atoms with van der Waals surface area (Å²) >= 11 is 1.68. The Morgan fingerprint density at radius 2 is 1.76 bits per heavy atom. The zero-order valence-electron chi connectivity index (χ0n) is 14.7. The van der Waals surface area contributed by atoms with E-state index in [9.17, 15) is 9.59 Å². The van der Waals surface area contributed by atoms with E-state index in [0.717, 1.165) is 24.0 Å². The van der Waals surface area contributed by atoms with Crippen LogP contribution in [0.1, 0.15) is 42.4 Å². The van der Waals surface area contributed by atoms with E-state index in [-0.39, 0.29) is 5.41 Å². The Bertz CT molecular complexity index is 742. The molecule has 2 aromatic rings. The summed E-state index contributed by atoms with van der Waals surface area (Å²) in [5, 5.41) is 9.79. The number of carbonyl (C=O) groups excluding carboxylic acids is 2. The molecule has 0 aliphatic heterocycles. The van der Waals surface area contributed by atoms with Gasteiger partial charge in [-0.1, -0.05) is 18.9 Å². The summed E-state index contributed by atoms with van der Waals surface area (Å²) in [6.07, 6.45) is 4.45. The normalized spacial score (nSPS) is 15.8. The number of hydrogen-bond acceptors (Lipinski definition) is 3. The van der Waals surface area contributed by atoms with Crippen molar-refractivity contribution in [2.75, 3.05) is 11.9 Å². The number of amides is 2. The Hall–Kier alpha value is -2.14. The minimum atomic E-state index is -0.608. The third kappa shape index (κ3) is 4.10. The smallest absolute Gasteiger partial charge is 0.313 e. The van der Waals surface area contributed by atoms with Crippen LogP contribution in [0.4, 0.5) is 5.69 Å². The van der Waals surface area contributed by atoms with Gasteiger partial charge in [0.1, 0.15) is 0 Å². The van der Waals surface area contributed by atoms with Gasteiger partial charge >= 0.3 is 11.8 Å². The van der Waals surface area contributed by atoms with E-state index < -0.39 is 11.8 Å². The van der Waals surface area contributed by atoms with E-state index in [0.29, 0.717) is 12.2 Å². The van der Waals surface area contributed by atoms with Crippen molar-refractivity contribution in [3.05, 3.63) is 51.7 Å². The van der Waals surface area contributed by atoms with Crippen LogP contribution in [0.15, 0.2) is 35.0 Å². The molecule has 0 saturated heterocycles. The maximum Gasteiger partial charge on any atom is 0.313 e. The van der Waals surface area contributed by atoms with Gasteiger partial charge in [-0.15, -0.1) is 0 Å². The van der Waals surface area contributed by atoms with E-state index in [4.69, 9.17) is 0 Å². The highest BCUT2D eigenvalue weighted by Crippen LogP contribution is 2.41. The third-order valence-electron chi connectivity index (χ3n) is 4.97. The molecule has 3 rings (SSSR count). The molecule has 0 bridgehead atoms. The van der Waals surface area contributed by atoms with Gasteiger partial charge in [0.2, 0.25) is 0 Å². The average molecular weight is 356 g/mol. The molecule has 132 valence electrons. The second-order valence-electron chi connectivity index (χ2n) is 7.01. The van der Waals surface area contributed by atoms with E-state index in [2.05, 4.69) is 27.5 Å². The van der Waals surface area contributed by atoms with E-state index >= 15 is 0 Å². The van der Waals surface area contributed by atoms with Gasteiger partial charge in [0, 0.05) is 17.6 Å². The summed E-state index contributed by atoms with van der Waals surface area (Å²) in [5.74, 6) is -1.18. The molecule has 2 amide bonds. The molecule has 0 atom stereocenters. The van der Waals surface area contributed by atoms with Crippen molar-refractivity contribution in [3.63, 3.8) is 0 Å². The molecular formula is C20H24N2O2S. The van der Waals surface area contributed by atoms with Crippen LogP contribution < -0.4 is 10.6 Å². The standard InChI is InChI=1S/C20H24N2O2S/c1-14-9-15(2)11-17(10-14)22-19(24)18(23)21-13-20(6-3-4-7-20)16-5-8-25-12-16/h5,8-12H,3-4,6-7,13H2,1-2H3,(H,21,23)(H,22,24). The SMILES string of the molecule is Cc1cc(C)cc(NC(=O)C(=O)NCC2(c3ccsc3)CCCC2)c1. The lowest BCUT2D eigenvalue weighted by atomic mass is 9.80. The first-order chi connectivity index (χ1) is 12.0. The highest BCUT2D eigenvalue weighted by atomic mass is 32.1. The lowest BCUT2D eigenvalue weighted by molar-refractivity contribution is -0.136. The molecule has 1 aromatic heterocycles. The first-order valence-corrected chi connectivity index (χ1v) is 9.63. The number of thiophene rings is 1. The predicted octanol–water partition coefficient (Wildman–Crippen LogP) is 3.93. The van der Waals surface area contributed by atoms with Gasteiger partial charge in [-0.05, 0) is 72.3 Å². The number of anilines is 1. The Morgan fingerprint density at radius 1 is 1.08 bits per heavy atom. The maximum atomic E-state index is 12.3. The molecule has 0 spiro atoms. The highest BCUT2D eigenvalue weighted by molar-refractivity contribution is 7.08. The molecule has 5 heteroatoms. The monoisotopic (exact) mass is 356 g/mol. The van der Waals surface area contributed by atoms with Crippen LogP contribution in [0.5, 0.6) is 0 Å². The molecule has 1 aliphatic carbocycles. The largest absolute Gasteiger partial charge is 0.347 e. The van der Waals surface area contributed by atoms with Gasteiger partial charge in [0.25, 0.3) is 0 Å². The van der Waals surface area contributed by atoms with Crippen LogP contribution in [0.2, 0.25) is 0 Å². The van der Waals surface area contributed by atoms with Crippen molar-refractivity contribution in [2.24, 2.45) is 0 Å². The quantitative estimate of drug-likeness (QED) is 0.816. The molecule has 2 N–H and O–H groups in total. The zero-order chi connectivity index (χ0) is 17.9. The van der Waals surface area contributed by atoms with Gasteiger partial charge in [-0.3, -0.25) is 9.59 Å². The van der Waals surface area contributed by atoms with Crippen molar-refractivity contribution in [2.45, 2.75) is 44.9 Å². The summed E-state index contributed by atoms with van der Waals surface area (Å²) in [6, 6.07) is 7.89. The number of benzene rings is 1. The molecule has 25 heavy (non-hydrogen) atoms. The fraction of sp³-hybridized carbons (Fsp3) is 0.400. The van der Waals surface area contributed by atoms with Crippen LogP contribution >= 0.6 is 11.3 Å². The summed E-state index contributed by atoms with van der Waals surface area (Å²) < 4.78 is 0. The summed E-state index contributed by atoms with van der Waals surface area (Å²) in [4.78, 5) is 24.5. The molecule has 1 aromatic carbocycles. The lowest BCUT2D eigenvalue weighted by Crippen LogP contribution is -2.43. The number of carbonyl (C=O) groups is 2.